The fourth-order valence-electron chi connectivity index (χ4n) is 2.66. The van der Waals surface area contributed by atoms with Crippen LogP contribution in [0.2, 0.25) is 0 Å². The summed E-state index contributed by atoms with van der Waals surface area (Å²) in [4.78, 5) is 12.1. The molecule has 1 aliphatic heterocycles. The average Bonchev–Trinajstić information content (AvgIpc) is 2.45. The van der Waals surface area contributed by atoms with Gasteiger partial charge in [0.1, 0.15) is 5.75 Å². The largest absolute Gasteiger partial charge is 0.497 e. The Balaban J connectivity index is 0.00000220. The van der Waals surface area contributed by atoms with Crippen molar-refractivity contribution >= 4 is 18.3 Å². The molecule has 1 unspecified atom stereocenters. The number of carbonyl (C=O) groups excluding carboxylic acids is 1. The van der Waals surface area contributed by atoms with Crippen molar-refractivity contribution in [2.75, 3.05) is 20.2 Å². The fourth-order valence-corrected chi connectivity index (χ4v) is 2.66. The van der Waals surface area contributed by atoms with Crippen LogP contribution in [0.15, 0.2) is 24.3 Å². The highest BCUT2D eigenvalue weighted by molar-refractivity contribution is 5.94. The lowest BCUT2D eigenvalue weighted by atomic mass is 9.77. The van der Waals surface area contributed by atoms with E-state index < -0.39 is 0 Å². The number of benzene rings is 1. The summed E-state index contributed by atoms with van der Waals surface area (Å²) >= 11 is 0. The molecule has 1 aliphatic rings. The molecule has 0 saturated carbocycles. The number of rotatable bonds is 4. The maximum absolute atomic E-state index is 12.1. The second-order valence-electron chi connectivity index (χ2n) is 6.04. The van der Waals surface area contributed by atoms with Crippen LogP contribution in [0.1, 0.15) is 37.0 Å². The molecular formula is C16H25ClN2O2. The zero-order chi connectivity index (χ0) is 14.6. The van der Waals surface area contributed by atoms with Crippen LogP contribution in [0.3, 0.4) is 0 Å². The zero-order valence-corrected chi connectivity index (χ0v) is 13.8. The van der Waals surface area contributed by atoms with Gasteiger partial charge in [-0.3, -0.25) is 4.79 Å². The second-order valence-corrected chi connectivity index (χ2v) is 6.04. The van der Waals surface area contributed by atoms with Gasteiger partial charge < -0.3 is 15.4 Å². The molecule has 0 aromatic heterocycles. The molecule has 1 aromatic carbocycles. The van der Waals surface area contributed by atoms with Gasteiger partial charge in [-0.25, -0.2) is 0 Å². The standard InChI is InChI=1S/C16H24N2O2.ClH/c1-16(2)9-4-10-17-14(16)11-18-15(19)12-5-7-13(20-3)8-6-12;/h5-8,14,17H,4,9-11H2,1-3H3,(H,18,19);1H. The van der Waals surface area contributed by atoms with Crippen molar-refractivity contribution in [2.24, 2.45) is 5.41 Å². The molecule has 0 aliphatic carbocycles. The molecule has 1 heterocycles. The average molecular weight is 313 g/mol. The van der Waals surface area contributed by atoms with Gasteiger partial charge in [-0.05, 0) is 49.1 Å². The molecule has 2 rings (SSSR count). The molecule has 2 N–H and O–H groups in total. The predicted molar refractivity (Wildman–Crippen MR) is 87.4 cm³/mol. The van der Waals surface area contributed by atoms with E-state index in [-0.39, 0.29) is 23.7 Å². The Morgan fingerprint density at radius 1 is 1.38 bits per heavy atom. The van der Waals surface area contributed by atoms with Crippen LogP contribution in [-0.2, 0) is 0 Å². The highest BCUT2D eigenvalue weighted by atomic mass is 35.5. The molecule has 1 atom stereocenters. The van der Waals surface area contributed by atoms with E-state index in [4.69, 9.17) is 4.74 Å². The van der Waals surface area contributed by atoms with Crippen LogP contribution in [0, 0.1) is 5.41 Å². The number of nitrogens with one attached hydrogen (secondary N) is 2. The predicted octanol–water partition coefficient (Wildman–Crippen LogP) is 2.63. The molecule has 1 fully saturated rings. The Kier molecular flexibility index (Phi) is 6.49. The third-order valence-corrected chi connectivity index (χ3v) is 4.15. The summed E-state index contributed by atoms with van der Waals surface area (Å²) in [6.45, 7) is 6.21. The van der Waals surface area contributed by atoms with Gasteiger partial charge in [0.2, 0.25) is 0 Å². The van der Waals surface area contributed by atoms with E-state index in [0.717, 1.165) is 12.3 Å². The summed E-state index contributed by atoms with van der Waals surface area (Å²) in [5, 5.41) is 6.52. The maximum atomic E-state index is 12.1. The minimum absolute atomic E-state index is 0. The molecular weight excluding hydrogens is 288 g/mol. The van der Waals surface area contributed by atoms with E-state index in [1.54, 1.807) is 31.4 Å². The quantitative estimate of drug-likeness (QED) is 0.898. The number of hydrogen-bond donors (Lipinski definition) is 2. The van der Waals surface area contributed by atoms with Gasteiger partial charge in [-0.2, -0.15) is 0 Å². The van der Waals surface area contributed by atoms with Crippen molar-refractivity contribution in [2.45, 2.75) is 32.7 Å². The number of methoxy groups -OCH3 is 1. The lowest BCUT2D eigenvalue weighted by Gasteiger charge is -2.39. The summed E-state index contributed by atoms with van der Waals surface area (Å²) in [5.41, 5.74) is 0.894. The fraction of sp³-hybridized carbons (Fsp3) is 0.562. The summed E-state index contributed by atoms with van der Waals surface area (Å²) < 4.78 is 5.09. The second kappa shape index (κ2) is 7.66. The van der Waals surface area contributed by atoms with Gasteiger partial charge in [0.05, 0.1) is 7.11 Å². The van der Waals surface area contributed by atoms with Gasteiger partial charge in [0, 0.05) is 18.2 Å². The minimum Gasteiger partial charge on any atom is -0.497 e. The Morgan fingerprint density at radius 3 is 2.62 bits per heavy atom. The van der Waals surface area contributed by atoms with E-state index in [0.29, 0.717) is 18.2 Å². The molecule has 118 valence electrons. The lowest BCUT2D eigenvalue weighted by Crippen LogP contribution is -2.52. The van der Waals surface area contributed by atoms with E-state index >= 15 is 0 Å². The first kappa shape index (κ1) is 17.8. The molecule has 5 heteroatoms. The van der Waals surface area contributed by atoms with Crippen LogP contribution in [0.25, 0.3) is 0 Å². The van der Waals surface area contributed by atoms with E-state index in [1.165, 1.54) is 12.8 Å². The van der Waals surface area contributed by atoms with Crippen molar-refractivity contribution in [1.82, 2.24) is 10.6 Å². The van der Waals surface area contributed by atoms with E-state index in [9.17, 15) is 4.79 Å². The Bertz CT molecular complexity index is 460. The Morgan fingerprint density at radius 2 is 2.05 bits per heavy atom. The lowest BCUT2D eigenvalue weighted by molar-refractivity contribution is 0.0929. The van der Waals surface area contributed by atoms with Crippen LogP contribution >= 0.6 is 12.4 Å². The van der Waals surface area contributed by atoms with Crippen LogP contribution in [-0.4, -0.2) is 32.1 Å². The normalized spacial score (nSPS) is 20.2. The van der Waals surface area contributed by atoms with Crippen LogP contribution in [0.4, 0.5) is 0 Å². The van der Waals surface area contributed by atoms with Gasteiger partial charge in [-0.1, -0.05) is 13.8 Å². The number of ether oxygens (including phenoxy) is 1. The number of piperidine rings is 1. The number of hydrogen-bond acceptors (Lipinski definition) is 3. The SMILES string of the molecule is COc1ccc(C(=O)NCC2NCCCC2(C)C)cc1.Cl. The van der Waals surface area contributed by atoms with Crippen molar-refractivity contribution in [1.29, 1.82) is 0 Å². The van der Waals surface area contributed by atoms with Gasteiger partial charge in [0.25, 0.3) is 5.91 Å². The zero-order valence-electron chi connectivity index (χ0n) is 12.9. The van der Waals surface area contributed by atoms with Crippen molar-refractivity contribution < 1.29 is 9.53 Å². The van der Waals surface area contributed by atoms with E-state index in [1.807, 2.05) is 0 Å². The molecule has 0 radical (unpaired) electrons. The molecule has 0 spiro atoms. The molecule has 4 nitrogen and oxygen atoms in total. The van der Waals surface area contributed by atoms with Crippen molar-refractivity contribution in [3.05, 3.63) is 29.8 Å². The number of carbonyl (C=O) groups is 1. The highest BCUT2D eigenvalue weighted by Crippen LogP contribution is 2.29. The van der Waals surface area contributed by atoms with Crippen molar-refractivity contribution in [3.63, 3.8) is 0 Å². The number of halogens is 1. The van der Waals surface area contributed by atoms with Gasteiger partial charge in [0.15, 0.2) is 0 Å². The van der Waals surface area contributed by atoms with E-state index in [2.05, 4.69) is 24.5 Å². The summed E-state index contributed by atoms with van der Waals surface area (Å²) in [6.07, 6.45) is 2.40. The van der Waals surface area contributed by atoms with Crippen molar-refractivity contribution in [3.8, 4) is 5.75 Å². The third-order valence-electron chi connectivity index (χ3n) is 4.15. The highest BCUT2D eigenvalue weighted by Gasteiger charge is 2.31. The molecule has 1 amide bonds. The summed E-state index contributed by atoms with van der Waals surface area (Å²) in [5.74, 6) is 0.729. The Labute approximate surface area is 133 Å². The van der Waals surface area contributed by atoms with Gasteiger partial charge >= 0.3 is 0 Å². The first-order chi connectivity index (χ1) is 9.53. The topological polar surface area (TPSA) is 50.4 Å². The maximum Gasteiger partial charge on any atom is 0.251 e. The van der Waals surface area contributed by atoms with Crippen LogP contribution in [0.5, 0.6) is 5.75 Å². The summed E-state index contributed by atoms with van der Waals surface area (Å²) in [6, 6.07) is 7.51. The smallest absolute Gasteiger partial charge is 0.251 e. The molecule has 1 aromatic rings. The molecule has 21 heavy (non-hydrogen) atoms. The first-order valence-corrected chi connectivity index (χ1v) is 7.18. The molecule has 1 saturated heterocycles. The van der Waals surface area contributed by atoms with Crippen LogP contribution < -0.4 is 15.4 Å². The Hall–Kier alpha value is -1.26. The molecule has 0 bridgehead atoms. The minimum atomic E-state index is -0.0316. The van der Waals surface area contributed by atoms with Gasteiger partial charge in [-0.15, -0.1) is 12.4 Å². The first-order valence-electron chi connectivity index (χ1n) is 7.18. The monoisotopic (exact) mass is 312 g/mol. The number of amides is 1. The summed E-state index contributed by atoms with van der Waals surface area (Å²) in [7, 11) is 1.62. The third kappa shape index (κ3) is 4.61.